The summed E-state index contributed by atoms with van der Waals surface area (Å²) in [6.07, 6.45) is 0. The van der Waals surface area contributed by atoms with Crippen molar-refractivity contribution in [1.29, 1.82) is 0 Å². The van der Waals surface area contributed by atoms with Crippen LogP contribution in [0, 0.1) is 19.8 Å². The molecular formula is C31H29NO4S2. The van der Waals surface area contributed by atoms with Gasteiger partial charge in [0.05, 0.1) is 22.9 Å². The minimum absolute atomic E-state index is 0.149. The van der Waals surface area contributed by atoms with Crippen molar-refractivity contribution in [3.8, 4) is 0 Å². The maximum atomic E-state index is 14.5. The van der Waals surface area contributed by atoms with Gasteiger partial charge in [-0.1, -0.05) is 96.1 Å². The Balaban J connectivity index is 1.77. The van der Waals surface area contributed by atoms with E-state index in [4.69, 9.17) is 0 Å². The van der Waals surface area contributed by atoms with Crippen molar-refractivity contribution in [2.45, 2.75) is 41.0 Å². The van der Waals surface area contributed by atoms with Crippen LogP contribution in [0.1, 0.15) is 34.3 Å². The van der Waals surface area contributed by atoms with Crippen LogP contribution >= 0.6 is 11.8 Å². The molecule has 38 heavy (non-hydrogen) atoms. The zero-order valence-electron chi connectivity index (χ0n) is 21.1. The van der Waals surface area contributed by atoms with Crippen LogP contribution in [0.3, 0.4) is 0 Å². The van der Waals surface area contributed by atoms with E-state index >= 15 is 0 Å². The van der Waals surface area contributed by atoms with Gasteiger partial charge in [-0.2, -0.15) is 4.31 Å². The fourth-order valence-electron chi connectivity index (χ4n) is 5.16. The molecular weight excluding hydrogens is 514 g/mol. The van der Waals surface area contributed by atoms with E-state index in [0.29, 0.717) is 5.56 Å². The molecule has 4 aromatic rings. The number of sulfonamides is 1. The second-order valence-electron chi connectivity index (χ2n) is 9.62. The van der Waals surface area contributed by atoms with E-state index in [2.05, 4.69) is 0 Å². The highest BCUT2D eigenvalue weighted by molar-refractivity contribution is 8.00. The smallest absolute Gasteiger partial charge is 0.309 e. The summed E-state index contributed by atoms with van der Waals surface area (Å²) in [6.45, 7) is 3.86. The number of carboxylic acids is 1. The predicted octanol–water partition coefficient (Wildman–Crippen LogP) is 6.65. The molecule has 1 heterocycles. The SMILES string of the molecule is Cc1ccc([C@H]2[C@H](C(=O)O)[C@H](Sc3ccccc3)[C@@H](c3ccccc3)N2S(=O)(=O)c2ccc(C)cc2)cc1. The minimum Gasteiger partial charge on any atom is -0.481 e. The second-order valence-corrected chi connectivity index (χ2v) is 12.7. The lowest BCUT2D eigenvalue weighted by atomic mass is 9.91. The number of rotatable bonds is 7. The summed E-state index contributed by atoms with van der Waals surface area (Å²) in [5.74, 6) is -2.01. The molecule has 194 valence electrons. The highest BCUT2D eigenvalue weighted by atomic mass is 32.2. The van der Waals surface area contributed by atoms with Crippen LogP contribution in [0.2, 0.25) is 0 Å². The fourth-order valence-corrected chi connectivity index (χ4v) is 8.52. The van der Waals surface area contributed by atoms with Gasteiger partial charge in [0.1, 0.15) is 0 Å². The van der Waals surface area contributed by atoms with Crippen molar-refractivity contribution in [1.82, 2.24) is 4.31 Å². The number of thioether (sulfide) groups is 1. The molecule has 0 saturated carbocycles. The van der Waals surface area contributed by atoms with Gasteiger partial charge in [-0.05, 0) is 49.2 Å². The Kier molecular flexibility index (Phi) is 7.43. The van der Waals surface area contributed by atoms with Crippen LogP contribution in [0.25, 0.3) is 0 Å². The fraction of sp³-hybridized carbons (Fsp3) is 0.194. The van der Waals surface area contributed by atoms with Crippen LogP contribution in [-0.4, -0.2) is 29.0 Å². The first-order valence-corrected chi connectivity index (χ1v) is 14.8. The van der Waals surface area contributed by atoms with E-state index in [-0.39, 0.29) is 4.90 Å². The Morgan fingerprint density at radius 2 is 1.21 bits per heavy atom. The first kappa shape index (κ1) is 26.2. The number of aliphatic carboxylic acids is 1. The Labute approximate surface area is 228 Å². The van der Waals surface area contributed by atoms with E-state index in [9.17, 15) is 18.3 Å². The van der Waals surface area contributed by atoms with Gasteiger partial charge in [-0.25, -0.2) is 8.42 Å². The van der Waals surface area contributed by atoms with E-state index in [0.717, 1.165) is 21.6 Å². The molecule has 0 aliphatic carbocycles. The molecule has 7 heteroatoms. The summed E-state index contributed by atoms with van der Waals surface area (Å²) in [4.78, 5) is 14.1. The standard InChI is InChI=1S/C31H29NO4S2/c1-21-13-17-24(18-14-21)28-27(31(33)34)30(37-25-11-7-4-8-12-25)29(23-9-5-3-6-10-23)32(28)38(35,36)26-19-15-22(2)16-20-26/h3-20,27-30H,1-2H3,(H,33,34)/t27-,28-,29+,30-/m0/s1. The average molecular weight is 544 g/mol. The molecule has 0 amide bonds. The van der Waals surface area contributed by atoms with E-state index in [1.54, 1.807) is 24.3 Å². The number of carboxylic acid groups (broad SMARTS) is 1. The van der Waals surface area contributed by atoms with Crippen molar-refractivity contribution in [2.75, 3.05) is 0 Å². The zero-order chi connectivity index (χ0) is 26.9. The van der Waals surface area contributed by atoms with Crippen LogP contribution in [0.15, 0.2) is 119 Å². The molecule has 0 radical (unpaired) electrons. The van der Waals surface area contributed by atoms with Gasteiger partial charge in [0, 0.05) is 10.1 Å². The lowest BCUT2D eigenvalue weighted by Crippen LogP contribution is -2.35. The Bertz CT molecular complexity index is 1510. The monoisotopic (exact) mass is 543 g/mol. The summed E-state index contributed by atoms with van der Waals surface area (Å²) in [5, 5.41) is 10.1. The van der Waals surface area contributed by atoms with Crippen molar-refractivity contribution in [2.24, 2.45) is 5.92 Å². The van der Waals surface area contributed by atoms with Gasteiger partial charge in [0.25, 0.3) is 0 Å². The molecule has 0 aromatic heterocycles. The number of benzene rings is 4. The molecule has 0 bridgehead atoms. The molecule has 1 aliphatic rings. The predicted molar refractivity (Wildman–Crippen MR) is 151 cm³/mol. The maximum Gasteiger partial charge on any atom is 0.309 e. The van der Waals surface area contributed by atoms with Gasteiger partial charge in [0.2, 0.25) is 10.0 Å². The second kappa shape index (κ2) is 10.8. The number of aryl methyl sites for hydroxylation is 2. The van der Waals surface area contributed by atoms with E-state index in [1.165, 1.54) is 16.1 Å². The molecule has 4 atom stereocenters. The molecule has 4 aromatic carbocycles. The normalized spacial score (nSPS) is 21.8. The Hall–Kier alpha value is -3.39. The van der Waals surface area contributed by atoms with E-state index in [1.807, 2.05) is 98.8 Å². The quantitative estimate of drug-likeness (QED) is 0.282. The topological polar surface area (TPSA) is 74.7 Å². The van der Waals surface area contributed by atoms with Crippen LogP contribution in [-0.2, 0) is 14.8 Å². The van der Waals surface area contributed by atoms with Crippen molar-refractivity contribution < 1.29 is 18.3 Å². The van der Waals surface area contributed by atoms with E-state index < -0.39 is 39.2 Å². The van der Waals surface area contributed by atoms with Gasteiger partial charge in [-0.15, -0.1) is 11.8 Å². The molecule has 1 N–H and O–H groups in total. The summed E-state index contributed by atoms with van der Waals surface area (Å²) >= 11 is 1.42. The molecule has 1 aliphatic heterocycles. The third-order valence-corrected chi connectivity index (χ3v) is 10.3. The van der Waals surface area contributed by atoms with Gasteiger partial charge >= 0.3 is 5.97 Å². The van der Waals surface area contributed by atoms with Gasteiger partial charge < -0.3 is 5.11 Å². The third-order valence-electron chi connectivity index (χ3n) is 7.01. The lowest BCUT2D eigenvalue weighted by Gasteiger charge is -2.31. The van der Waals surface area contributed by atoms with Crippen LogP contribution in [0.5, 0.6) is 0 Å². The first-order chi connectivity index (χ1) is 18.3. The summed E-state index contributed by atoms with van der Waals surface area (Å²) < 4.78 is 30.4. The van der Waals surface area contributed by atoms with Crippen molar-refractivity contribution in [3.05, 3.63) is 131 Å². The highest BCUT2D eigenvalue weighted by Gasteiger charge is 2.58. The first-order valence-electron chi connectivity index (χ1n) is 12.4. The van der Waals surface area contributed by atoms with Gasteiger partial charge in [0.15, 0.2) is 0 Å². The summed E-state index contributed by atoms with van der Waals surface area (Å²) in [6, 6.07) is 31.6. The van der Waals surface area contributed by atoms with Crippen molar-refractivity contribution in [3.63, 3.8) is 0 Å². The molecule has 5 nitrogen and oxygen atoms in total. The third kappa shape index (κ3) is 5.01. The number of carbonyl (C=O) groups is 1. The highest BCUT2D eigenvalue weighted by Crippen LogP contribution is 2.56. The molecule has 0 unspecified atom stereocenters. The Morgan fingerprint density at radius 1 is 0.711 bits per heavy atom. The number of nitrogens with zero attached hydrogens (tertiary/aromatic N) is 1. The lowest BCUT2D eigenvalue weighted by molar-refractivity contribution is -0.142. The summed E-state index contributed by atoms with van der Waals surface area (Å²) in [5.41, 5.74) is 3.38. The number of hydrogen-bond acceptors (Lipinski definition) is 4. The van der Waals surface area contributed by atoms with Crippen LogP contribution in [0.4, 0.5) is 0 Å². The summed E-state index contributed by atoms with van der Waals surface area (Å²) in [7, 11) is -4.10. The van der Waals surface area contributed by atoms with Gasteiger partial charge in [-0.3, -0.25) is 4.79 Å². The largest absolute Gasteiger partial charge is 0.481 e. The van der Waals surface area contributed by atoms with Crippen LogP contribution < -0.4 is 0 Å². The molecule has 5 rings (SSSR count). The Morgan fingerprint density at radius 3 is 1.76 bits per heavy atom. The number of hydrogen-bond donors (Lipinski definition) is 1. The molecule has 1 fully saturated rings. The zero-order valence-corrected chi connectivity index (χ0v) is 22.8. The maximum absolute atomic E-state index is 14.5. The average Bonchev–Trinajstić information content (AvgIpc) is 3.26. The molecule has 1 saturated heterocycles. The minimum atomic E-state index is -4.10. The van der Waals surface area contributed by atoms with Crippen molar-refractivity contribution >= 4 is 27.8 Å². The molecule has 0 spiro atoms.